The lowest BCUT2D eigenvalue weighted by Crippen LogP contribution is -2.33. The summed E-state index contributed by atoms with van der Waals surface area (Å²) in [7, 11) is 0. The number of ether oxygens (including phenoxy) is 2. The molecule has 1 atom stereocenters. The summed E-state index contributed by atoms with van der Waals surface area (Å²) in [4.78, 5) is 18.0. The smallest absolute Gasteiger partial charge is 0.330 e. The highest BCUT2D eigenvalue weighted by Crippen LogP contribution is 2.25. The number of hydrogen-bond donors (Lipinski definition) is 1. The largest absolute Gasteiger partial charge is 0.490 e. The highest BCUT2D eigenvalue weighted by atomic mass is 16.6. The fourth-order valence-electron chi connectivity index (χ4n) is 2.85. The van der Waals surface area contributed by atoms with Crippen LogP contribution < -0.4 is 10.2 Å². The number of rotatable bonds is 10. The van der Waals surface area contributed by atoms with Gasteiger partial charge in [0.05, 0.1) is 19.1 Å². The van der Waals surface area contributed by atoms with Crippen LogP contribution in [0.2, 0.25) is 0 Å². The minimum Gasteiger partial charge on any atom is -0.490 e. The van der Waals surface area contributed by atoms with Crippen molar-refractivity contribution in [3.8, 4) is 11.8 Å². The Morgan fingerprint density at radius 2 is 2.19 bits per heavy atom. The van der Waals surface area contributed by atoms with Crippen LogP contribution in [0.3, 0.4) is 0 Å². The molecular formula is C20H26N2O4. The lowest BCUT2D eigenvalue weighted by molar-refractivity contribution is -0.158. The van der Waals surface area contributed by atoms with E-state index in [4.69, 9.17) is 19.6 Å². The number of carbonyl (C=O) groups excluding carboxylic acids is 1. The zero-order valence-corrected chi connectivity index (χ0v) is 15.0. The zero-order chi connectivity index (χ0) is 18.6. The maximum absolute atomic E-state index is 12.7. The average Bonchev–Trinajstić information content (AvgIpc) is 2.67. The van der Waals surface area contributed by atoms with E-state index in [1.807, 2.05) is 24.3 Å². The number of esters is 1. The quantitative estimate of drug-likeness (QED) is 0.298. The third kappa shape index (κ3) is 6.51. The second-order valence-electron chi connectivity index (χ2n) is 6.18. The molecule has 6 heteroatoms. The third-order valence-electron chi connectivity index (χ3n) is 4.15. The Morgan fingerprint density at radius 1 is 1.38 bits per heavy atom. The van der Waals surface area contributed by atoms with Crippen molar-refractivity contribution in [1.82, 2.24) is 5.48 Å². The molecule has 0 radical (unpaired) electrons. The minimum atomic E-state index is -0.775. The van der Waals surface area contributed by atoms with E-state index < -0.39 is 6.04 Å². The van der Waals surface area contributed by atoms with Gasteiger partial charge in [0.2, 0.25) is 0 Å². The molecule has 1 aromatic carbocycles. The van der Waals surface area contributed by atoms with E-state index >= 15 is 0 Å². The number of nitrogens with zero attached hydrogens (tertiary/aromatic N) is 1. The molecule has 1 unspecified atom stereocenters. The Balaban J connectivity index is 2.07. The predicted molar refractivity (Wildman–Crippen MR) is 97.2 cm³/mol. The van der Waals surface area contributed by atoms with Gasteiger partial charge in [0, 0.05) is 0 Å². The maximum Gasteiger partial charge on any atom is 0.330 e. The summed E-state index contributed by atoms with van der Waals surface area (Å²) in [5.74, 6) is 0.256. The molecule has 1 aromatic rings. The van der Waals surface area contributed by atoms with E-state index in [0.29, 0.717) is 17.9 Å². The molecule has 1 saturated carbocycles. The van der Waals surface area contributed by atoms with Crippen molar-refractivity contribution in [1.29, 1.82) is 5.26 Å². The Labute approximate surface area is 154 Å². The summed E-state index contributed by atoms with van der Waals surface area (Å²) < 4.78 is 11.2. The van der Waals surface area contributed by atoms with Gasteiger partial charge >= 0.3 is 5.97 Å². The molecule has 1 fully saturated rings. The normalized spacial score (nSPS) is 15.7. The SMILES string of the molecule is C=CCOc1cccc(C(NOCCC#N)C(=O)OC2CCCCC2)c1. The summed E-state index contributed by atoms with van der Waals surface area (Å²) in [5.41, 5.74) is 3.43. The molecule has 0 aromatic heterocycles. The highest BCUT2D eigenvalue weighted by molar-refractivity contribution is 5.77. The molecule has 140 valence electrons. The first kappa shape index (κ1) is 20.0. The van der Waals surface area contributed by atoms with Gasteiger partial charge in [-0.25, -0.2) is 4.79 Å². The molecule has 26 heavy (non-hydrogen) atoms. The molecule has 1 N–H and O–H groups in total. The average molecular weight is 358 g/mol. The lowest BCUT2D eigenvalue weighted by atomic mass is 9.97. The predicted octanol–water partition coefficient (Wildman–Crippen LogP) is 3.60. The van der Waals surface area contributed by atoms with Gasteiger partial charge in [-0.1, -0.05) is 31.2 Å². The standard InChI is InChI=1S/C20H26N2O4/c1-2-13-24-18-11-6-8-16(15-18)19(22-25-14-7-12-21)20(23)26-17-9-4-3-5-10-17/h2,6,8,11,15,17,19,22H,1,3-5,7,9-10,13-14H2. The molecule has 1 aliphatic rings. The van der Waals surface area contributed by atoms with Gasteiger partial charge < -0.3 is 9.47 Å². The lowest BCUT2D eigenvalue weighted by Gasteiger charge is -2.25. The van der Waals surface area contributed by atoms with Crippen LogP contribution in [0.15, 0.2) is 36.9 Å². The van der Waals surface area contributed by atoms with Crippen LogP contribution >= 0.6 is 0 Å². The van der Waals surface area contributed by atoms with Crippen LogP contribution in [-0.2, 0) is 14.4 Å². The Morgan fingerprint density at radius 3 is 2.92 bits per heavy atom. The van der Waals surface area contributed by atoms with E-state index in [1.54, 1.807) is 12.1 Å². The number of nitrogens with one attached hydrogen (secondary N) is 1. The highest BCUT2D eigenvalue weighted by Gasteiger charge is 2.27. The molecule has 1 aliphatic carbocycles. The first-order valence-corrected chi connectivity index (χ1v) is 9.03. The van der Waals surface area contributed by atoms with Crippen LogP contribution in [-0.4, -0.2) is 25.3 Å². The summed E-state index contributed by atoms with van der Waals surface area (Å²) in [6, 6.07) is 8.43. The van der Waals surface area contributed by atoms with E-state index in [2.05, 4.69) is 12.1 Å². The van der Waals surface area contributed by atoms with Crippen LogP contribution in [0.4, 0.5) is 0 Å². The molecule has 0 amide bonds. The molecule has 0 spiro atoms. The molecule has 0 heterocycles. The van der Waals surface area contributed by atoms with Gasteiger partial charge in [0.15, 0.2) is 6.04 Å². The molecule has 2 rings (SSSR count). The fourth-order valence-corrected chi connectivity index (χ4v) is 2.85. The molecular weight excluding hydrogens is 332 g/mol. The van der Waals surface area contributed by atoms with Crippen LogP contribution in [0.5, 0.6) is 5.75 Å². The van der Waals surface area contributed by atoms with E-state index in [1.165, 1.54) is 6.42 Å². The van der Waals surface area contributed by atoms with Gasteiger partial charge in [-0.3, -0.25) is 4.84 Å². The van der Waals surface area contributed by atoms with Crippen molar-refractivity contribution in [2.24, 2.45) is 0 Å². The summed E-state index contributed by atoms with van der Waals surface area (Å²) in [6.45, 7) is 4.20. The number of carbonyl (C=O) groups is 1. The van der Waals surface area contributed by atoms with Crippen molar-refractivity contribution in [2.45, 2.75) is 50.7 Å². The van der Waals surface area contributed by atoms with Crippen molar-refractivity contribution in [3.63, 3.8) is 0 Å². The van der Waals surface area contributed by atoms with Crippen LogP contribution in [0.1, 0.15) is 50.1 Å². The number of hydroxylamine groups is 1. The van der Waals surface area contributed by atoms with Crippen molar-refractivity contribution < 1.29 is 19.1 Å². The summed E-state index contributed by atoms with van der Waals surface area (Å²) in [5, 5.41) is 8.62. The van der Waals surface area contributed by atoms with E-state index in [0.717, 1.165) is 25.7 Å². The zero-order valence-electron chi connectivity index (χ0n) is 15.0. The van der Waals surface area contributed by atoms with E-state index in [-0.39, 0.29) is 25.1 Å². The van der Waals surface area contributed by atoms with Crippen LogP contribution in [0.25, 0.3) is 0 Å². The Bertz CT molecular complexity index is 620. The van der Waals surface area contributed by atoms with Crippen LogP contribution in [0, 0.1) is 11.3 Å². The van der Waals surface area contributed by atoms with Crippen molar-refractivity contribution >= 4 is 5.97 Å². The second-order valence-corrected chi connectivity index (χ2v) is 6.18. The number of hydrogen-bond acceptors (Lipinski definition) is 6. The van der Waals surface area contributed by atoms with Gasteiger partial charge in [0.25, 0.3) is 0 Å². The number of benzene rings is 1. The summed E-state index contributed by atoms with van der Waals surface area (Å²) in [6.07, 6.45) is 7.01. The fraction of sp³-hybridized carbons (Fsp3) is 0.500. The van der Waals surface area contributed by atoms with Crippen molar-refractivity contribution in [2.75, 3.05) is 13.2 Å². The van der Waals surface area contributed by atoms with Crippen molar-refractivity contribution in [3.05, 3.63) is 42.5 Å². The van der Waals surface area contributed by atoms with Gasteiger partial charge in [-0.15, -0.1) is 0 Å². The summed E-state index contributed by atoms with van der Waals surface area (Å²) >= 11 is 0. The molecule has 6 nitrogen and oxygen atoms in total. The van der Waals surface area contributed by atoms with E-state index in [9.17, 15) is 4.79 Å². The van der Waals surface area contributed by atoms with Gasteiger partial charge in [0.1, 0.15) is 18.5 Å². The first-order chi connectivity index (χ1) is 12.7. The molecule has 0 aliphatic heterocycles. The molecule has 0 bridgehead atoms. The Hall–Kier alpha value is -2.36. The minimum absolute atomic E-state index is 0.0418. The molecule has 0 saturated heterocycles. The monoisotopic (exact) mass is 358 g/mol. The van der Waals surface area contributed by atoms with Gasteiger partial charge in [-0.2, -0.15) is 10.7 Å². The topological polar surface area (TPSA) is 80.6 Å². The second kappa shape index (κ2) is 11.3. The third-order valence-corrected chi connectivity index (χ3v) is 4.15. The Kier molecular flexibility index (Phi) is 8.67. The number of nitriles is 1. The van der Waals surface area contributed by atoms with Gasteiger partial charge in [-0.05, 0) is 43.4 Å². The first-order valence-electron chi connectivity index (χ1n) is 9.03. The maximum atomic E-state index is 12.7.